The molecule has 0 amide bonds. The number of nitrogens with two attached hydrogens (primary N) is 1. The summed E-state index contributed by atoms with van der Waals surface area (Å²) in [5.41, 5.74) is 10.2. The maximum atomic E-state index is 10.6. The minimum absolute atomic E-state index is 0.109. The van der Waals surface area contributed by atoms with Crippen molar-refractivity contribution in [2.45, 2.75) is 12.0 Å². The van der Waals surface area contributed by atoms with Crippen LogP contribution < -0.4 is 5.73 Å². The molecule has 3 aromatic carbocycles. The summed E-state index contributed by atoms with van der Waals surface area (Å²) in [5, 5.41) is 10.6. The van der Waals surface area contributed by atoms with Crippen LogP contribution in [0.25, 0.3) is 11.1 Å². The van der Waals surface area contributed by atoms with E-state index in [0.29, 0.717) is 6.54 Å². The van der Waals surface area contributed by atoms with Gasteiger partial charge in [-0.05, 0) is 22.3 Å². The number of rotatable bonds is 5. The summed E-state index contributed by atoms with van der Waals surface area (Å²) in [7, 11) is 0. The average molecular weight is 303 g/mol. The van der Waals surface area contributed by atoms with Crippen LogP contribution in [-0.2, 0) is 0 Å². The van der Waals surface area contributed by atoms with Gasteiger partial charge in [0, 0.05) is 12.5 Å². The Kier molecular flexibility index (Phi) is 4.86. The normalized spacial score (nSPS) is 13.5. The number of aliphatic hydroxyl groups excluding tert-OH is 1. The van der Waals surface area contributed by atoms with E-state index in [-0.39, 0.29) is 5.92 Å². The Morgan fingerprint density at radius 2 is 1.17 bits per heavy atom. The van der Waals surface area contributed by atoms with E-state index in [1.807, 2.05) is 48.5 Å². The SMILES string of the molecule is NC[C@@H](c1ccc(-c2ccccc2)cc1)[C@@H](O)c1ccccc1. The highest BCUT2D eigenvalue weighted by molar-refractivity contribution is 5.63. The Labute approximate surface area is 137 Å². The van der Waals surface area contributed by atoms with Gasteiger partial charge in [-0.3, -0.25) is 0 Å². The van der Waals surface area contributed by atoms with Crippen molar-refractivity contribution in [3.8, 4) is 11.1 Å². The molecule has 2 heteroatoms. The van der Waals surface area contributed by atoms with Crippen LogP contribution >= 0.6 is 0 Å². The highest BCUT2D eigenvalue weighted by atomic mass is 16.3. The van der Waals surface area contributed by atoms with Crippen molar-refractivity contribution in [1.29, 1.82) is 0 Å². The third-order valence-electron chi connectivity index (χ3n) is 4.22. The van der Waals surface area contributed by atoms with Gasteiger partial charge in [-0.25, -0.2) is 0 Å². The summed E-state index contributed by atoms with van der Waals surface area (Å²) in [4.78, 5) is 0. The number of aliphatic hydroxyl groups is 1. The van der Waals surface area contributed by atoms with E-state index in [1.54, 1.807) is 0 Å². The molecule has 3 N–H and O–H groups in total. The fourth-order valence-electron chi connectivity index (χ4n) is 2.88. The number of hydrogen-bond acceptors (Lipinski definition) is 2. The maximum absolute atomic E-state index is 10.6. The van der Waals surface area contributed by atoms with Gasteiger partial charge in [0.1, 0.15) is 0 Å². The van der Waals surface area contributed by atoms with Gasteiger partial charge in [-0.2, -0.15) is 0 Å². The molecule has 0 radical (unpaired) electrons. The molecule has 0 aliphatic rings. The second kappa shape index (κ2) is 7.23. The fraction of sp³-hybridized carbons (Fsp3) is 0.143. The molecule has 3 rings (SSSR count). The summed E-state index contributed by atoms with van der Waals surface area (Å²) in [6, 6.07) is 28.3. The Balaban J connectivity index is 1.85. The smallest absolute Gasteiger partial charge is 0.0870 e. The molecule has 0 unspecified atom stereocenters. The van der Waals surface area contributed by atoms with Gasteiger partial charge >= 0.3 is 0 Å². The Hall–Kier alpha value is -2.42. The van der Waals surface area contributed by atoms with E-state index in [0.717, 1.165) is 11.1 Å². The van der Waals surface area contributed by atoms with Gasteiger partial charge in [-0.15, -0.1) is 0 Å². The minimum Gasteiger partial charge on any atom is -0.388 e. The first-order valence-electron chi connectivity index (χ1n) is 7.88. The molecule has 0 bridgehead atoms. The summed E-state index contributed by atoms with van der Waals surface area (Å²) in [6.45, 7) is 0.404. The number of hydrogen-bond donors (Lipinski definition) is 2. The lowest BCUT2D eigenvalue weighted by Gasteiger charge is -2.22. The second-order valence-corrected chi connectivity index (χ2v) is 5.69. The van der Waals surface area contributed by atoms with Crippen LogP contribution in [0, 0.1) is 0 Å². The summed E-state index contributed by atoms with van der Waals surface area (Å²) >= 11 is 0. The predicted octanol–water partition coefficient (Wildman–Crippen LogP) is 4.13. The van der Waals surface area contributed by atoms with Crippen molar-refractivity contribution in [2.24, 2.45) is 5.73 Å². The van der Waals surface area contributed by atoms with E-state index in [1.165, 1.54) is 11.1 Å². The van der Waals surface area contributed by atoms with Crippen LogP contribution in [0.1, 0.15) is 23.1 Å². The van der Waals surface area contributed by atoms with Crippen molar-refractivity contribution < 1.29 is 5.11 Å². The zero-order valence-electron chi connectivity index (χ0n) is 13.0. The van der Waals surface area contributed by atoms with Crippen molar-refractivity contribution >= 4 is 0 Å². The molecule has 2 atom stereocenters. The van der Waals surface area contributed by atoms with Gasteiger partial charge in [-0.1, -0.05) is 84.9 Å². The van der Waals surface area contributed by atoms with E-state index < -0.39 is 6.10 Å². The second-order valence-electron chi connectivity index (χ2n) is 5.69. The van der Waals surface area contributed by atoms with E-state index in [9.17, 15) is 5.11 Å². The first-order chi connectivity index (χ1) is 11.3. The lowest BCUT2D eigenvalue weighted by atomic mass is 9.88. The van der Waals surface area contributed by atoms with Gasteiger partial charge in [0.25, 0.3) is 0 Å². The summed E-state index contributed by atoms with van der Waals surface area (Å²) < 4.78 is 0. The zero-order valence-corrected chi connectivity index (χ0v) is 13.0. The van der Waals surface area contributed by atoms with Crippen molar-refractivity contribution in [1.82, 2.24) is 0 Å². The van der Waals surface area contributed by atoms with Crippen LogP contribution in [0.15, 0.2) is 84.9 Å². The molecule has 3 aromatic rings. The molecule has 0 aromatic heterocycles. The Bertz CT molecular complexity index is 723. The van der Waals surface area contributed by atoms with Gasteiger partial charge in [0.2, 0.25) is 0 Å². The molecule has 0 heterocycles. The molecule has 0 aliphatic carbocycles. The summed E-state index contributed by atoms with van der Waals surface area (Å²) in [6.07, 6.45) is -0.594. The average Bonchev–Trinajstić information content (AvgIpc) is 2.64. The molecular formula is C21H21NO. The lowest BCUT2D eigenvalue weighted by Crippen LogP contribution is -2.20. The fourth-order valence-corrected chi connectivity index (χ4v) is 2.88. The quantitative estimate of drug-likeness (QED) is 0.744. The highest BCUT2D eigenvalue weighted by Gasteiger charge is 2.21. The highest BCUT2D eigenvalue weighted by Crippen LogP contribution is 2.31. The van der Waals surface area contributed by atoms with Gasteiger partial charge in [0.05, 0.1) is 6.10 Å². The van der Waals surface area contributed by atoms with Crippen LogP contribution in [-0.4, -0.2) is 11.7 Å². The van der Waals surface area contributed by atoms with Crippen LogP contribution in [0.5, 0.6) is 0 Å². The molecule has 0 spiro atoms. The molecule has 0 saturated carbocycles. The molecule has 0 aliphatic heterocycles. The Morgan fingerprint density at radius 1 is 0.652 bits per heavy atom. The Morgan fingerprint density at radius 3 is 1.74 bits per heavy atom. The topological polar surface area (TPSA) is 46.2 Å². The van der Waals surface area contributed by atoms with E-state index in [2.05, 4.69) is 36.4 Å². The summed E-state index contributed by atoms with van der Waals surface area (Å²) in [5.74, 6) is -0.109. The standard InChI is InChI=1S/C21H21NO/c22-15-20(21(23)19-9-5-2-6-10-19)18-13-11-17(12-14-18)16-7-3-1-4-8-16/h1-14,20-21,23H,15,22H2/t20-,21-/m0/s1. The molecular weight excluding hydrogens is 282 g/mol. The monoisotopic (exact) mass is 303 g/mol. The van der Waals surface area contributed by atoms with Crippen LogP contribution in [0.3, 0.4) is 0 Å². The largest absolute Gasteiger partial charge is 0.388 e. The van der Waals surface area contributed by atoms with Crippen molar-refractivity contribution in [2.75, 3.05) is 6.54 Å². The minimum atomic E-state index is -0.594. The first-order valence-corrected chi connectivity index (χ1v) is 7.88. The molecule has 2 nitrogen and oxygen atoms in total. The first kappa shape index (κ1) is 15.5. The van der Waals surface area contributed by atoms with E-state index in [4.69, 9.17) is 5.73 Å². The van der Waals surface area contributed by atoms with Gasteiger partial charge < -0.3 is 10.8 Å². The molecule has 23 heavy (non-hydrogen) atoms. The van der Waals surface area contributed by atoms with Crippen molar-refractivity contribution in [3.05, 3.63) is 96.1 Å². The third-order valence-corrected chi connectivity index (χ3v) is 4.22. The maximum Gasteiger partial charge on any atom is 0.0870 e. The van der Waals surface area contributed by atoms with Crippen molar-refractivity contribution in [3.63, 3.8) is 0 Å². The molecule has 116 valence electrons. The third kappa shape index (κ3) is 3.50. The molecule has 0 saturated heterocycles. The molecule has 0 fully saturated rings. The number of benzene rings is 3. The van der Waals surface area contributed by atoms with Gasteiger partial charge in [0.15, 0.2) is 0 Å². The van der Waals surface area contributed by atoms with Crippen LogP contribution in [0.2, 0.25) is 0 Å². The lowest BCUT2D eigenvalue weighted by molar-refractivity contribution is 0.147. The zero-order chi connectivity index (χ0) is 16.1. The van der Waals surface area contributed by atoms with E-state index >= 15 is 0 Å². The predicted molar refractivity (Wildman–Crippen MR) is 95.1 cm³/mol. The van der Waals surface area contributed by atoms with Crippen LogP contribution in [0.4, 0.5) is 0 Å².